The number of rotatable bonds is 2. The van der Waals surface area contributed by atoms with Gasteiger partial charge in [-0.05, 0) is 67.7 Å². The minimum Gasteiger partial charge on any atom is -0.444 e. The molecular weight excluding hydrogens is 316 g/mol. The van der Waals surface area contributed by atoms with Crippen LogP contribution in [0.1, 0.15) is 67.7 Å². The van der Waals surface area contributed by atoms with Crippen molar-refractivity contribution >= 4 is 16.1 Å². The lowest BCUT2D eigenvalue weighted by Crippen LogP contribution is -2.57. The van der Waals surface area contributed by atoms with E-state index in [0.29, 0.717) is 19.5 Å². The Morgan fingerprint density at radius 1 is 1.13 bits per heavy atom. The van der Waals surface area contributed by atoms with Gasteiger partial charge in [0.1, 0.15) is 5.60 Å². The number of carbonyl (C=O) groups is 1. The molecule has 1 atom stereocenters. The minimum atomic E-state index is -3.49. The zero-order valence-corrected chi connectivity index (χ0v) is 16.3. The normalized spacial score (nSPS) is 24.2. The van der Waals surface area contributed by atoms with Crippen LogP contribution in [-0.4, -0.2) is 48.4 Å². The summed E-state index contributed by atoms with van der Waals surface area (Å²) in [5.41, 5.74) is -1.25. The summed E-state index contributed by atoms with van der Waals surface area (Å²) in [6.45, 7) is 13.2. The van der Waals surface area contributed by atoms with Crippen LogP contribution >= 0.6 is 0 Å². The predicted octanol–water partition coefficient (Wildman–Crippen LogP) is 2.88. The van der Waals surface area contributed by atoms with E-state index >= 15 is 0 Å². The summed E-state index contributed by atoms with van der Waals surface area (Å²) in [5.74, 6) is 0. The van der Waals surface area contributed by atoms with E-state index in [2.05, 4.69) is 4.72 Å². The van der Waals surface area contributed by atoms with Gasteiger partial charge in [-0.25, -0.2) is 17.9 Å². The Hall–Kier alpha value is -0.820. The molecule has 1 amide bonds. The second-order valence-electron chi connectivity index (χ2n) is 8.64. The topological polar surface area (TPSA) is 75.7 Å². The fourth-order valence-electron chi connectivity index (χ4n) is 2.44. The van der Waals surface area contributed by atoms with Crippen molar-refractivity contribution in [2.75, 3.05) is 13.1 Å². The van der Waals surface area contributed by atoms with Gasteiger partial charge in [0.15, 0.2) is 0 Å². The largest absolute Gasteiger partial charge is 0.444 e. The number of nitrogens with one attached hydrogen (secondary N) is 1. The highest BCUT2D eigenvalue weighted by atomic mass is 32.2. The maximum absolute atomic E-state index is 12.5. The highest BCUT2D eigenvalue weighted by molar-refractivity contribution is 7.90. The summed E-state index contributed by atoms with van der Waals surface area (Å²) in [5, 5.41) is 0. The number of ether oxygens (including phenoxy) is 1. The summed E-state index contributed by atoms with van der Waals surface area (Å²) in [7, 11) is -3.49. The number of nitrogens with zero attached hydrogens (tertiary/aromatic N) is 1. The lowest BCUT2D eigenvalue weighted by Gasteiger charge is -2.36. The van der Waals surface area contributed by atoms with Crippen molar-refractivity contribution < 1.29 is 17.9 Å². The molecular formula is C16H32N2O4S. The van der Waals surface area contributed by atoms with Crippen LogP contribution in [0, 0.1) is 0 Å². The van der Waals surface area contributed by atoms with Gasteiger partial charge in [0.05, 0.1) is 4.75 Å². The third-order valence-electron chi connectivity index (χ3n) is 3.79. The average molecular weight is 349 g/mol. The predicted molar refractivity (Wildman–Crippen MR) is 91.9 cm³/mol. The molecule has 1 rings (SSSR count). The van der Waals surface area contributed by atoms with E-state index in [1.807, 2.05) is 27.7 Å². The molecule has 0 aromatic heterocycles. The average Bonchev–Trinajstić information content (AvgIpc) is 2.46. The van der Waals surface area contributed by atoms with Crippen molar-refractivity contribution in [1.29, 1.82) is 0 Å². The monoisotopic (exact) mass is 348 g/mol. The number of sulfonamides is 1. The number of hydrogen-bond donors (Lipinski definition) is 1. The molecule has 0 aliphatic carbocycles. The molecule has 0 radical (unpaired) electrons. The summed E-state index contributed by atoms with van der Waals surface area (Å²) in [4.78, 5) is 14.0. The summed E-state index contributed by atoms with van der Waals surface area (Å²) >= 11 is 0. The SMILES string of the molecule is CC1(NS(=O)(=O)C(C)(C)C)CCCCN(C(=O)OC(C)(C)C)C1. The van der Waals surface area contributed by atoms with E-state index < -0.39 is 25.9 Å². The Balaban J connectivity index is 2.93. The maximum Gasteiger partial charge on any atom is 0.410 e. The van der Waals surface area contributed by atoms with E-state index in [0.717, 1.165) is 12.8 Å². The molecule has 0 bridgehead atoms. The van der Waals surface area contributed by atoms with E-state index in [-0.39, 0.29) is 6.09 Å². The molecule has 23 heavy (non-hydrogen) atoms. The van der Waals surface area contributed by atoms with Crippen molar-refractivity contribution in [2.45, 2.75) is 83.6 Å². The second-order valence-corrected chi connectivity index (χ2v) is 11.1. The second kappa shape index (κ2) is 6.59. The van der Waals surface area contributed by atoms with Crippen LogP contribution in [0.2, 0.25) is 0 Å². The molecule has 6 nitrogen and oxygen atoms in total. The lowest BCUT2D eigenvalue weighted by molar-refractivity contribution is 0.0222. The molecule has 0 spiro atoms. The Labute approximate surface area is 141 Å². The molecule has 1 unspecified atom stereocenters. The summed E-state index contributed by atoms with van der Waals surface area (Å²) < 4.78 is 32.4. The van der Waals surface area contributed by atoms with Crippen LogP contribution in [-0.2, 0) is 14.8 Å². The lowest BCUT2D eigenvalue weighted by atomic mass is 9.98. The Morgan fingerprint density at radius 2 is 1.70 bits per heavy atom. The molecule has 1 fully saturated rings. The number of carbonyl (C=O) groups excluding carboxylic acids is 1. The Morgan fingerprint density at radius 3 is 2.17 bits per heavy atom. The number of amides is 1. The summed E-state index contributed by atoms with van der Waals surface area (Å²) in [6, 6.07) is 0. The highest BCUT2D eigenvalue weighted by Gasteiger charge is 2.40. The van der Waals surface area contributed by atoms with E-state index in [4.69, 9.17) is 4.74 Å². The molecule has 0 aromatic carbocycles. The molecule has 1 aliphatic rings. The van der Waals surface area contributed by atoms with Crippen LogP contribution in [0.25, 0.3) is 0 Å². The highest BCUT2D eigenvalue weighted by Crippen LogP contribution is 2.25. The Kier molecular flexibility index (Phi) is 5.79. The maximum atomic E-state index is 12.5. The molecule has 0 aromatic rings. The van der Waals surface area contributed by atoms with Gasteiger partial charge in [0, 0.05) is 18.6 Å². The van der Waals surface area contributed by atoms with Crippen molar-refractivity contribution in [3.63, 3.8) is 0 Å². The smallest absolute Gasteiger partial charge is 0.410 e. The van der Waals surface area contributed by atoms with Gasteiger partial charge >= 0.3 is 6.09 Å². The third kappa shape index (κ3) is 5.95. The third-order valence-corrected chi connectivity index (χ3v) is 6.16. The van der Waals surface area contributed by atoms with Gasteiger partial charge in [-0.15, -0.1) is 0 Å². The van der Waals surface area contributed by atoms with Crippen molar-refractivity contribution in [2.24, 2.45) is 0 Å². The minimum absolute atomic E-state index is 0.317. The standard InChI is InChI=1S/C16H32N2O4S/c1-14(2,3)22-13(19)18-11-9-8-10-16(7,12-18)17-23(20,21)15(4,5)6/h17H,8-12H2,1-7H3. The Bertz CT molecular complexity index is 531. The zero-order valence-electron chi connectivity index (χ0n) is 15.5. The van der Waals surface area contributed by atoms with E-state index in [9.17, 15) is 13.2 Å². The van der Waals surface area contributed by atoms with Crippen LogP contribution in [0.5, 0.6) is 0 Å². The summed E-state index contributed by atoms with van der Waals surface area (Å²) in [6.07, 6.45) is 2.01. The van der Waals surface area contributed by atoms with Crippen LogP contribution in [0.4, 0.5) is 4.79 Å². The van der Waals surface area contributed by atoms with Gasteiger partial charge in [-0.3, -0.25) is 0 Å². The van der Waals surface area contributed by atoms with Crippen LogP contribution < -0.4 is 4.72 Å². The van der Waals surface area contributed by atoms with Crippen LogP contribution in [0.15, 0.2) is 0 Å². The molecule has 1 N–H and O–H groups in total. The van der Waals surface area contributed by atoms with Crippen molar-refractivity contribution in [3.8, 4) is 0 Å². The molecule has 136 valence electrons. The molecule has 1 saturated heterocycles. The molecule has 0 saturated carbocycles. The quantitative estimate of drug-likeness (QED) is 0.832. The molecule has 1 aliphatic heterocycles. The number of hydrogen-bond acceptors (Lipinski definition) is 4. The van der Waals surface area contributed by atoms with Gasteiger partial charge in [0.2, 0.25) is 10.0 Å². The fraction of sp³-hybridized carbons (Fsp3) is 0.938. The van der Waals surface area contributed by atoms with Gasteiger partial charge in [-0.2, -0.15) is 0 Å². The molecule has 1 heterocycles. The van der Waals surface area contributed by atoms with E-state index in [1.165, 1.54) is 0 Å². The van der Waals surface area contributed by atoms with Crippen molar-refractivity contribution in [1.82, 2.24) is 9.62 Å². The van der Waals surface area contributed by atoms with Crippen LogP contribution in [0.3, 0.4) is 0 Å². The van der Waals surface area contributed by atoms with Gasteiger partial charge in [0.25, 0.3) is 0 Å². The zero-order chi connectivity index (χ0) is 18.1. The van der Waals surface area contributed by atoms with Gasteiger partial charge in [-0.1, -0.05) is 0 Å². The van der Waals surface area contributed by atoms with Crippen molar-refractivity contribution in [3.05, 3.63) is 0 Å². The first-order chi connectivity index (χ1) is 10.2. The first-order valence-corrected chi connectivity index (χ1v) is 9.65. The van der Waals surface area contributed by atoms with E-state index in [1.54, 1.807) is 25.7 Å². The number of likely N-dealkylation sites (tertiary alicyclic amines) is 1. The fourth-order valence-corrected chi connectivity index (χ4v) is 3.56. The first-order valence-electron chi connectivity index (χ1n) is 8.17. The van der Waals surface area contributed by atoms with Gasteiger partial charge < -0.3 is 9.64 Å². The first kappa shape index (κ1) is 20.2. The molecule has 7 heteroatoms.